The zero-order valence-electron chi connectivity index (χ0n) is 11.8. The maximum atomic E-state index is 12.2. The molecule has 2 aliphatic heterocycles. The van der Waals surface area contributed by atoms with Crippen molar-refractivity contribution in [3.05, 3.63) is 0 Å². The summed E-state index contributed by atoms with van der Waals surface area (Å²) in [5, 5.41) is 11.8. The monoisotopic (exact) mass is 284 g/mol. The third kappa shape index (κ3) is 4.37. The average Bonchev–Trinajstić information content (AvgIpc) is 2.46. The molecular formula is C14H24N2O4. The summed E-state index contributed by atoms with van der Waals surface area (Å²) in [7, 11) is 0. The van der Waals surface area contributed by atoms with Crippen molar-refractivity contribution in [1.29, 1.82) is 0 Å². The Morgan fingerprint density at radius 3 is 2.70 bits per heavy atom. The molecule has 0 aromatic heterocycles. The van der Waals surface area contributed by atoms with Crippen molar-refractivity contribution in [2.24, 2.45) is 0 Å². The van der Waals surface area contributed by atoms with Gasteiger partial charge in [0, 0.05) is 25.7 Å². The van der Waals surface area contributed by atoms with E-state index in [2.05, 4.69) is 5.32 Å². The van der Waals surface area contributed by atoms with E-state index in [0.717, 1.165) is 45.1 Å². The largest absolute Gasteiger partial charge is 0.481 e. The quantitative estimate of drug-likeness (QED) is 0.821. The Hall–Kier alpha value is -1.30. The van der Waals surface area contributed by atoms with Crippen LogP contribution in [0.15, 0.2) is 0 Å². The molecule has 0 spiro atoms. The van der Waals surface area contributed by atoms with Gasteiger partial charge in [0.2, 0.25) is 0 Å². The molecule has 0 aromatic rings. The van der Waals surface area contributed by atoms with Crippen LogP contribution in [0, 0.1) is 0 Å². The van der Waals surface area contributed by atoms with Gasteiger partial charge in [0.25, 0.3) is 0 Å². The van der Waals surface area contributed by atoms with Crippen LogP contribution in [0.25, 0.3) is 0 Å². The normalized spacial score (nSPS) is 27.1. The van der Waals surface area contributed by atoms with Gasteiger partial charge >= 0.3 is 12.0 Å². The minimum atomic E-state index is -0.842. The molecule has 2 atom stereocenters. The van der Waals surface area contributed by atoms with E-state index in [1.165, 1.54) is 0 Å². The van der Waals surface area contributed by atoms with E-state index >= 15 is 0 Å². The maximum absolute atomic E-state index is 12.2. The fraction of sp³-hybridized carbons (Fsp3) is 0.857. The van der Waals surface area contributed by atoms with Gasteiger partial charge in [-0.1, -0.05) is 0 Å². The molecule has 2 amide bonds. The number of carbonyl (C=O) groups excluding carboxylic acids is 1. The number of carboxylic acid groups (broad SMARTS) is 1. The number of carboxylic acids is 1. The van der Waals surface area contributed by atoms with E-state index in [1.54, 1.807) is 4.90 Å². The zero-order valence-corrected chi connectivity index (χ0v) is 11.8. The van der Waals surface area contributed by atoms with Gasteiger partial charge in [0.05, 0.1) is 12.5 Å². The lowest BCUT2D eigenvalue weighted by atomic mass is 10.00. The van der Waals surface area contributed by atoms with E-state index in [4.69, 9.17) is 9.84 Å². The van der Waals surface area contributed by atoms with Crippen molar-refractivity contribution in [3.8, 4) is 0 Å². The highest BCUT2D eigenvalue weighted by Gasteiger charge is 2.28. The van der Waals surface area contributed by atoms with Crippen LogP contribution in [-0.2, 0) is 9.53 Å². The van der Waals surface area contributed by atoms with Crippen LogP contribution in [0.1, 0.15) is 44.9 Å². The Labute approximate surface area is 119 Å². The highest BCUT2D eigenvalue weighted by atomic mass is 16.5. The predicted octanol–water partition coefficient (Wildman–Crippen LogP) is 1.59. The van der Waals surface area contributed by atoms with Gasteiger partial charge < -0.3 is 20.1 Å². The number of nitrogens with zero attached hydrogens (tertiary/aromatic N) is 1. The summed E-state index contributed by atoms with van der Waals surface area (Å²) in [5.74, 6) is -0.842. The molecule has 2 unspecified atom stereocenters. The number of carbonyl (C=O) groups is 2. The minimum absolute atomic E-state index is 0.0351. The number of amides is 2. The standard InChI is InChI=1S/C14H24N2O4/c17-13(18)9-11-5-1-3-7-16(11)14(19)15-10-12-6-2-4-8-20-12/h11-12H,1-10H2,(H,15,19)(H,17,18). The first-order valence-corrected chi connectivity index (χ1v) is 7.54. The molecule has 114 valence electrons. The molecule has 0 radical (unpaired) electrons. The number of likely N-dealkylation sites (tertiary alicyclic amines) is 1. The number of ether oxygens (including phenoxy) is 1. The topological polar surface area (TPSA) is 78.9 Å². The lowest BCUT2D eigenvalue weighted by Gasteiger charge is -2.35. The van der Waals surface area contributed by atoms with Gasteiger partial charge in [-0.2, -0.15) is 0 Å². The first kappa shape index (κ1) is 15.1. The van der Waals surface area contributed by atoms with Crippen molar-refractivity contribution >= 4 is 12.0 Å². The molecule has 2 heterocycles. The molecule has 0 aromatic carbocycles. The van der Waals surface area contributed by atoms with E-state index < -0.39 is 5.97 Å². The molecular weight excluding hydrogens is 260 g/mol. The van der Waals surface area contributed by atoms with E-state index in [1.807, 2.05) is 0 Å². The van der Waals surface area contributed by atoms with Gasteiger partial charge in [0.1, 0.15) is 0 Å². The van der Waals surface area contributed by atoms with Gasteiger partial charge in [-0.15, -0.1) is 0 Å². The van der Waals surface area contributed by atoms with Crippen LogP contribution in [0.2, 0.25) is 0 Å². The van der Waals surface area contributed by atoms with Gasteiger partial charge in [0.15, 0.2) is 0 Å². The smallest absolute Gasteiger partial charge is 0.317 e. The second kappa shape index (κ2) is 7.47. The van der Waals surface area contributed by atoms with Crippen LogP contribution in [0.5, 0.6) is 0 Å². The second-order valence-electron chi connectivity index (χ2n) is 5.62. The van der Waals surface area contributed by atoms with Crippen molar-refractivity contribution in [2.75, 3.05) is 19.7 Å². The first-order chi connectivity index (χ1) is 9.66. The number of piperidine rings is 1. The molecule has 2 fully saturated rings. The fourth-order valence-electron chi connectivity index (χ4n) is 2.95. The Kier molecular flexibility index (Phi) is 5.64. The van der Waals surface area contributed by atoms with Crippen molar-refractivity contribution < 1.29 is 19.4 Å². The summed E-state index contributed by atoms with van der Waals surface area (Å²) in [5.41, 5.74) is 0. The van der Waals surface area contributed by atoms with E-state index in [9.17, 15) is 9.59 Å². The Bertz CT molecular complexity index is 342. The fourth-order valence-corrected chi connectivity index (χ4v) is 2.95. The minimum Gasteiger partial charge on any atom is -0.481 e. The highest BCUT2D eigenvalue weighted by molar-refractivity contribution is 5.76. The molecule has 6 nitrogen and oxygen atoms in total. The molecule has 0 bridgehead atoms. The van der Waals surface area contributed by atoms with Crippen LogP contribution in [-0.4, -0.2) is 53.8 Å². The Balaban J connectivity index is 1.80. The van der Waals surface area contributed by atoms with Crippen LogP contribution >= 0.6 is 0 Å². The van der Waals surface area contributed by atoms with Gasteiger partial charge in [-0.05, 0) is 38.5 Å². The number of hydrogen-bond donors (Lipinski definition) is 2. The number of nitrogens with one attached hydrogen (secondary N) is 1. The van der Waals surface area contributed by atoms with Crippen LogP contribution < -0.4 is 5.32 Å². The molecule has 20 heavy (non-hydrogen) atoms. The number of hydrogen-bond acceptors (Lipinski definition) is 3. The second-order valence-corrected chi connectivity index (χ2v) is 5.62. The third-order valence-electron chi connectivity index (χ3n) is 4.05. The Morgan fingerprint density at radius 2 is 2.00 bits per heavy atom. The number of rotatable bonds is 4. The average molecular weight is 284 g/mol. The maximum Gasteiger partial charge on any atom is 0.317 e. The van der Waals surface area contributed by atoms with Crippen molar-refractivity contribution in [3.63, 3.8) is 0 Å². The SMILES string of the molecule is O=C(O)CC1CCCCN1C(=O)NCC1CCCCO1. The van der Waals surface area contributed by atoms with Crippen LogP contribution in [0.4, 0.5) is 4.79 Å². The summed E-state index contributed by atoms with van der Waals surface area (Å²) in [4.78, 5) is 24.7. The summed E-state index contributed by atoms with van der Waals surface area (Å²) >= 11 is 0. The van der Waals surface area contributed by atoms with Crippen LogP contribution in [0.3, 0.4) is 0 Å². The molecule has 2 N–H and O–H groups in total. The summed E-state index contributed by atoms with van der Waals surface area (Å²) < 4.78 is 5.58. The Morgan fingerprint density at radius 1 is 1.20 bits per heavy atom. The highest BCUT2D eigenvalue weighted by Crippen LogP contribution is 2.20. The third-order valence-corrected chi connectivity index (χ3v) is 4.05. The molecule has 6 heteroatoms. The van der Waals surface area contributed by atoms with Gasteiger partial charge in [-0.3, -0.25) is 4.79 Å². The molecule has 0 saturated carbocycles. The lowest BCUT2D eigenvalue weighted by Crippen LogP contribution is -2.51. The van der Waals surface area contributed by atoms with E-state index in [0.29, 0.717) is 13.1 Å². The predicted molar refractivity (Wildman–Crippen MR) is 73.6 cm³/mol. The number of urea groups is 1. The van der Waals surface area contributed by atoms with Crippen molar-refractivity contribution in [2.45, 2.75) is 57.1 Å². The molecule has 2 rings (SSSR count). The molecule has 2 aliphatic rings. The van der Waals surface area contributed by atoms with Gasteiger partial charge in [-0.25, -0.2) is 4.79 Å². The molecule has 0 aliphatic carbocycles. The first-order valence-electron chi connectivity index (χ1n) is 7.54. The molecule has 2 saturated heterocycles. The van der Waals surface area contributed by atoms with E-state index in [-0.39, 0.29) is 24.6 Å². The summed E-state index contributed by atoms with van der Waals surface area (Å²) in [6.45, 7) is 1.94. The summed E-state index contributed by atoms with van der Waals surface area (Å²) in [6, 6.07) is -0.321. The zero-order chi connectivity index (χ0) is 14.4. The van der Waals surface area contributed by atoms with Crippen molar-refractivity contribution in [1.82, 2.24) is 10.2 Å². The lowest BCUT2D eigenvalue weighted by molar-refractivity contribution is -0.138. The summed E-state index contributed by atoms with van der Waals surface area (Å²) in [6.07, 6.45) is 6.08. The number of aliphatic carboxylic acids is 1.